The number of carbonyl (C=O) groups is 1. The van der Waals surface area contributed by atoms with Crippen LogP contribution in [-0.4, -0.2) is 59.0 Å². The molecule has 2 rings (SSSR count). The molecule has 1 aromatic rings. The van der Waals surface area contributed by atoms with Crippen molar-refractivity contribution >= 4 is 11.6 Å². The molecule has 10 heteroatoms. The van der Waals surface area contributed by atoms with Gasteiger partial charge >= 0.3 is 6.18 Å². The Morgan fingerprint density at radius 2 is 1.83 bits per heavy atom. The van der Waals surface area contributed by atoms with Crippen LogP contribution in [0.2, 0.25) is 0 Å². The van der Waals surface area contributed by atoms with Gasteiger partial charge in [-0.1, -0.05) is 0 Å². The Bertz CT molecular complexity index is 643. The maximum atomic E-state index is 13.9. The quantitative estimate of drug-likeness (QED) is 0.478. The number of non-ortho nitro benzene ring substituents is 1. The van der Waals surface area contributed by atoms with E-state index < -0.39 is 34.6 Å². The molecule has 1 aromatic carbocycles. The molecule has 0 aliphatic carbocycles. The predicted molar refractivity (Wildman–Crippen MR) is 76.0 cm³/mol. The number of alkyl halides is 3. The van der Waals surface area contributed by atoms with Crippen LogP contribution < -0.4 is 0 Å². The van der Waals surface area contributed by atoms with Gasteiger partial charge in [0.2, 0.25) is 0 Å². The average molecular weight is 349 g/mol. The third-order valence-electron chi connectivity index (χ3n) is 4.02. The van der Waals surface area contributed by atoms with Crippen molar-refractivity contribution in [3.63, 3.8) is 0 Å². The Kier molecular flexibility index (Phi) is 5.07. The first-order valence-electron chi connectivity index (χ1n) is 7.15. The van der Waals surface area contributed by atoms with Gasteiger partial charge in [0.1, 0.15) is 11.9 Å². The van der Waals surface area contributed by atoms with Crippen LogP contribution in [0.1, 0.15) is 17.3 Å². The largest absolute Gasteiger partial charge is 0.403 e. The predicted octanol–water partition coefficient (Wildman–Crippen LogP) is 2.44. The highest BCUT2D eigenvalue weighted by Gasteiger charge is 2.41. The van der Waals surface area contributed by atoms with E-state index in [0.29, 0.717) is 6.07 Å². The van der Waals surface area contributed by atoms with E-state index in [1.54, 1.807) is 0 Å². The number of halogens is 4. The van der Waals surface area contributed by atoms with E-state index in [9.17, 15) is 32.5 Å². The van der Waals surface area contributed by atoms with E-state index in [4.69, 9.17) is 0 Å². The van der Waals surface area contributed by atoms with Crippen LogP contribution in [0, 0.1) is 15.9 Å². The first-order chi connectivity index (χ1) is 11.1. The zero-order chi connectivity index (χ0) is 18.1. The smallest absolute Gasteiger partial charge is 0.336 e. The van der Waals surface area contributed by atoms with E-state index in [1.165, 1.54) is 9.80 Å². The zero-order valence-corrected chi connectivity index (χ0v) is 12.7. The highest BCUT2D eigenvalue weighted by atomic mass is 19.4. The molecule has 1 amide bonds. The summed E-state index contributed by atoms with van der Waals surface area (Å²) in [5, 5.41) is 10.6. The molecule has 0 aromatic heterocycles. The van der Waals surface area contributed by atoms with Crippen molar-refractivity contribution in [1.82, 2.24) is 9.80 Å². The fourth-order valence-electron chi connectivity index (χ4n) is 2.48. The second kappa shape index (κ2) is 6.71. The molecule has 1 aliphatic heterocycles. The Labute approximate surface area is 134 Å². The van der Waals surface area contributed by atoms with E-state index in [0.717, 1.165) is 19.1 Å². The van der Waals surface area contributed by atoms with Gasteiger partial charge in [-0.2, -0.15) is 13.2 Å². The van der Waals surface area contributed by atoms with Crippen molar-refractivity contribution in [3.05, 3.63) is 39.7 Å². The number of hydrogen-bond acceptors (Lipinski definition) is 4. The number of hydrogen-bond donors (Lipinski definition) is 0. The molecule has 0 spiro atoms. The number of nitro benzene ring substituents is 1. The number of rotatable bonds is 3. The lowest BCUT2D eigenvalue weighted by atomic mass is 10.1. The molecular formula is C14H15F4N3O3. The molecule has 1 unspecified atom stereocenters. The second-order valence-electron chi connectivity index (χ2n) is 5.47. The summed E-state index contributed by atoms with van der Waals surface area (Å²) in [6, 6.07) is 1.06. The summed E-state index contributed by atoms with van der Waals surface area (Å²) in [5.74, 6) is -1.72. The molecule has 1 aliphatic rings. The third kappa shape index (κ3) is 3.81. The highest BCUT2D eigenvalue weighted by molar-refractivity contribution is 5.94. The molecule has 0 saturated carbocycles. The highest BCUT2D eigenvalue weighted by Crippen LogP contribution is 2.26. The van der Waals surface area contributed by atoms with Crippen LogP contribution in [0.3, 0.4) is 0 Å². The Hall–Kier alpha value is -2.23. The number of benzene rings is 1. The van der Waals surface area contributed by atoms with Gasteiger partial charge < -0.3 is 4.90 Å². The molecule has 0 radical (unpaired) electrons. The van der Waals surface area contributed by atoms with Crippen LogP contribution >= 0.6 is 0 Å². The summed E-state index contributed by atoms with van der Waals surface area (Å²) in [6.45, 7) is 1.13. The molecular weight excluding hydrogens is 334 g/mol. The molecule has 0 bridgehead atoms. The van der Waals surface area contributed by atoms with Crippen LogP contribution in [0.15, 0.2) is 18.2 Å². The van der Waals surface area contributed by atoms with E-state index in [1.807, 2.05) is 0 Å². The number of carbonyl (C=O) groups excluding carboxylic acids is 1. The summed E-state index contributed by atoms with van der Waals surface area (Å²) in [7, 11) is 0. The lowest BCUT2D eigenvalue weighted by molar-refractivity contribution is -0.385. The van der Waals surface area contributed by atoms with Crippen molar-refractivity contribution in [2.24, 2.45) is 0 Å². The lowest BCUT2D eigenvalue weighted by Gasteiger charge is -2.38. The van der Waals surface area contributed by atoms with Crippen molar-refractivity contribution < 1.29 is 27.3 Å². The normalized spacial score (nSPS) is 17.6. The van der Waals surface area contributed by atoms with Crippen LogP contribution in [0.25, 0.3) is 0 Å². The molecule has 1 saturated heterocycles. The van der Waals surface area contributed by atoms with Crippen LogP contribution in [0.4, 0.5) is 23.2 Å². The maximum absolute atomic E-state index is 13.9. The van der Waals surface area contributed by atoms with Gasteiger partial charge in [-0.05, 0) is 13.0 Å². The summed E-state index contributed by atoms with van der Waals surface area (Å²) in [5.41, 5.74) is -0.814. The molecule has 24 heavy (non-hydrogen) atoms. The molecule has 1 heterocycles. The van der Waals surface area contributed by atoms with E-state index in [2.05, 4.69) is 0 Å². The van der Waals surface area contributed by atoms with Gasteiger partial charge in [0.05, 0.1) is 16.6 Å². The van der Waals surface area contributed by atoms with Crippen molar-refractivity contribution in [1.29, 1.82) is 0 Å². The average Bonchev–Trinajstić information content (AvgIpc) is 2.52. The zero-order valence-electron chi connectivity index (χ0n) is 12.7. The second-order valence-corrected chi connectivity index (χ2v) is 5.47. The summed E-state index contributed by atoms with van der Waals surface area (Å²) < 4.78 is 51.9. The first-order valence-corrected chi connectivity index (χ1v) is 7.15. The lowest BCUT2D eigenvalue weighted by Crippen LogP contribution is -2.54. The number of nitrogens with zero attached hydrogens (tertiary/aromatic N) is 3. The third-order valence-corrected chi connectivity index (χ3v) is 4.02. The SMILES string of the molecule is CC(N1CCN(C(=O)c2ccc([N+](=O)[O-])cc2F)CC1)C(F)(F)F. The van der Waals surface area contributed by atoms with E-state index >= 15 is 0 Å². The van der Waals surface area contributed by atoms with Gasteiger partial charge in [0, 0.05) is 32.2 Å². The molecule has 1 fully saturated rings. The molecule has 6 nitrogen and oxygen atoms in total. The van der Waals surface area contributed by atoms with Crippen LogP contribution in [0.5, 0.6) is 0 Å². The molecule has 0 N–H and O–H groups in total. The Morgan fingerprint density at radius 3 is 2.29 bits per heavy atom. The summed E-state index contributed by atoms with van der Waals surface area (Å²) in [6.07, 6.45) is -4.35. The van der Waals surface area contributed by atoms with E-state index in [-0.39, 0.29) is 31.7 Å². The molecule has 132 valence electrons. The minimum Gasteiger partial charge on any atom is -0.336 e. The number of amides is 1. The Morgan fingerprint density at radius 1 is 1.25 bits per heavy atom. The van der Waals surface area contributed by atoms with Crippen LogP contribution in [-0.2, 0) is 0 Å². The fraction of sp³-hybridized carbons (Fsp3) is 0.500. The monoisotopic (exact) mass is 349 g/mol. The molecule has 1 atom stereocenters. The summed E-state index contributed by atoms with van der Waals surface area (Å²) in [4.78, 5) is 24.5. The van der Waals surface area contributed by atoms with Crippen molar-refractivity contribution in [2.75, 3.05) is 26.2 Å². The topological polar surface area (TPSA) is 66.7 Å². The van der Waals surface area contributed by atoms with Gasteiger partial charge in [-0.15, -0.1) is 0 Å². The fourth-order valence-corrected chi connectivity index (χ4v) is 2.48. The van der Waals surface area contributed by atoms with Crippen molar-refractivity contribution in [2.45, 2.75) is 19.1 Å². The van der Waals surface area contributed by atoms with Gasteiger partial charge in [-0.25, -0.2) is 4.39 Å². The first kappa shape index (κ1) is 18.1. The summed E-state index contributed by atoms with van der Waals surface area (Å²) >= 11 is 0. The van der Waals surface area contributed by atoms with Gasteiger partial charge in [-0.3, -0.25) is 19.8 Å². The number of piperazine rings is 1. The van der Waals surface area contributed by atoms with Crippen molar-refractivity contribution in [3.8, 4) is 0 Å². The van der Waals surface area contributed by atoms with Gasteiger partial charge in [0.25, 0.3) is 11.6 Å². The maximum Gasteiger partial charge on any atom is 0.403 e. The van der Waals surface area contributed by atoms with Gasteiger partial charge in [0.15, 0.2) is 0 Å². The standard InChI is InChI=1S/C14H15F4N3O3/c1-9(14(16,17)18)19-4-6-20(7-5-19)13(22)11-3-2-10(21(23)24)8-12(11)15/h2-3,8-9H,4-7H2,1H3. The Balaban J connectivity index is 2.04. The minimum absolute atomic E-state index is 0.0149. The minimum atomic E-state index is -4.35. The number of nitro groups is 1.